The quantitative estimate of drug-likeness (QED) is 0.454. The summed E-state index contributed by atoms with van der Waals surface area (Å²) in [6.07, 6.45) is 6.05. The van der Waals surface area contributed by atoms with Gasteiger partial charge in [-0.3, -0.25) is 4.90 Å². The summed E-state index contributed by atoms with van der Waals surface area (Å²) in [5.74, 6) is 0. The summed E-state index contributed by atoms with van der Waals surface area (Å²) in [4.78, 5) is 2.53. The van der Waals surface area contributed by atoms with Crippen molar-refractivity contribution in [3.05, 3.63) is 12.7 Å². The van der Waals surface area contributed by atoms with Crippen molar-refractivity contribution >= 4 is 0 Å². The molecule has 0 spiro atoms. The fourth-order valence-electron chi connectivity index (χ4n) is 1.49. The fraction of sp³-hybridized carbons (Fsp3) is 0.800. The lowest BCUT2D eigenvalue weighted by atomic mass is 10.3. The van der Waals surface area contributed by atoms with Crippen molar-refractivity contribution in [3.63, 3.8) is 0 Å². The van der Waals surface area contributed by atoms with Crippen molar-refractivity contribution in [2.24, 2.45) is 0 Å². The van der Waals surface area contributed by atoms with E-state index in [-0.39, 0.29) is 0 Å². The van der Waals surface area contributed by atoms with E-state index in [0.717, 1.165) is 19.1 Å². The Balaban J connectivity index is 2.09. The Morgan fingerprint density at radius 3 is 2.83 bits per heavy atom. The van der Waals surface area contributed by atoms with Gasteiger partial charge in [0.2, 0.25) is 0 Å². The summed E-state index contributed by atoms with van der Waals surface area (Å²) in [5.41, 5.74) is 0. The van der Waals surface area contributed by atoms with Gasteiger partial charge in [0.25, 0.3) is 0 Å². The molecule has 0 saturated heterocycles. The van der Waals surface area contributed by atoms with Crippen LogP contribution in [0.1, 0.15) is 19.3 Å². The lowest BCUT2D eigenvalue weighted by molar-refractivity contribution is 0.288. The first-order valence-electron chi connectivity index (χ1n) is 4.88. The zero-order valence-electron chi connectivity index (χ0n) is 8.05. The van der Waals surface area contributed by atoms with Gasteiger partial charge in [-0.1, -0.05) is 6.08 Å². The number of rotatable bonds is 7. The van der Waals surface area contributed by atoms with Gasteiger partial charge >= 0.3 is 0 Å². The Morgan fingerprint density at radius 2 is 2.33 bits per heavy atom. The SMILES string of the molecule is C=CCN(CCCNC)C1CC1. The molecule has 0 aromatic rings. The van der Waals surface area contributed by atoms with E-state index in [4.69, 9.17) is 0 Å². The van der Waals surface area contributed by atoms with Gasteiger partial charge in [-0.15, -0.1) is 6.58 Å². The molecule has 0 atom stereocenters. The molecule has 0 radical (unpaired) electrons. The van der Waals surface area contributed by atoms with Crippen molar-refractivity contribution < 1.29 is 0 Å². The Hall–Kier alpha value is -0.340. The first-order chi connectivity index (χ1) is 5.88. The average Bonchev–Trinajstić information content (AvgIpc) is 2.86. The molecule has 12 heavy (non-hydrogen) atoms. The van der Waals surface area contributed by atoms with E-state index in [2.05, 4.69) is 16.8 Å². The smallest absolute Gasteiger partial charge is 0.0163 e. The second kappa shape index (κ2) is 5.33. The maximum atomic E-state index is 3.78. The van der Waals surface area contributed by atoms with Gasteiger partial charge in [-0.2, -0.15) is 0 Å². The molecular weight excluding hydrogens is 148 g/mol. The molecule has 1 N–H and O–H groups in total. The number of hydrogen-bond donors (Lipinski definition) is 1. The maximum absolute atomic E-state index is 3.78. The van der Waals surface area contributed by atoms with Gasteiger partial charge in [-0.05, 0) is 39.4 Å². The van der Waals surface area contributed by atoms with E-state index in [0.29, 0.717) is 0 Å². The molecule has 2 nitrogen and oxygen atoms in total. The molecule has 0 bridgehead atoms. The Kier molecular flexibility index (Phi) is 4.33. The van der Waals surface area contributed by atoms with Crippen LogP contribution in [-0.2, 0) is 0 Å². The summed E-state index contributed by atoms with van der Waals surface area (Å²) >= 11 is 0. The third-order valence-corrected chi connectivity index (χ3v) is 2.30. The van der Waals surface area contributed by atoms with E-state index in [1.165, 1.54) is 25.8 Å². The van der Waals surface area contributed by atoms with Crippen molar-refractivity contribution in [1.82, 2.24) is 10.2 Å². The van der Waals surface area contributed by atoms with Gasteiger partial charge in [0.1, 0.15) is 0 Å². The molecule has 0 aromatic carbocycles. The monoisotopic (exact) mass is 168 g/mol. The van der Waals surface area contributed by atoms with Gasteiger partial charge < -0.3 is 5.32 Å². The normalized spacial score (nSPS) is 16.8. The number of nitrogens with zero attached hydrogens (tertiary/aromatic N) is 1. The third-order valence-electron chi connectivity index (χ3n) is 2.30. The topological polar surface area (TPSA) is 15.3 Å². The predicted molar refractivity (Wildman–Crippen MR) is 53.3 cm³/mol. The van der Waals surface area contributed by atoms with Crippen molar-refractivity contribution in [2.45, 2.75) is 25.3 Å². The third kappa shape index (κ3) is 3.37. The van der Waals surface area contributed by atoms with Crippen molar-refractivity contribution in [2.75, 3.05) is 26.7 Å². The Bertz CT molecular complexity index is 130. The first-order valence-corrected chi connectivity index (χ1v) is 4.88. The van der Waals surface area contributed by atoms with Gasteiger partial charge in [0.05, 0.1) is 0 Å². The molecular formula is C10H20N2. The van der Waals surface area contributed by atoms with Crippen LogP contribution in [0.2, 0.25) is 0 Å². The van der Waals surface area contributed by atoms with Crippen LogP contribution in [0.4, 0.5) is 0 Å². The van der Waals surface area contributed by atoms with E-state index >= 15 is 0 Å². The summed E-state index contributed by atoms with van der Waals surface area (Å²) in [6, 6.07) is 0.875. The van der Waals surface area contributed by atoms with Crippen LogP contribution in [0.15, 0.2) is 12.7 Å². The number of nitrogens with one attached hydrogen (secondary N) is 1. The van der Waals surface area contributed by atoms with Crippen LogP contribution < -0.4 is 5.32 Å². The summed E-state index contributed by atoms with van der Waals surface area (Å²) in [7, 11) is 2.01. The van der Waals surface area contributed by atoms with Gasteiger partial charge in [0, 0.05) is 12.6 Å². The summed E-state index contributed by atoms with van der Waals surface area (Å²) in [5, 5.41) is 3.17. The lowest BCUT2D eigenvalue weighted by Crippen LogP contribution is -2.29. The lowest BCUT2D eigenvalue weighted by Gasteiger charge is -2.19. The minimum Gasteiger partial charge on any atom is -0.320 e. The Morgan fingerprint density at radius 1 is 1.58 bits per heavy atom. The zero-order valence-corrected chi connectivity index (χ0v) is 8.05. The maximum Gasteiger partial charge on any atom is 0.0163 e. The minimum atomic E-state index is 0.875. The minimum absolute atomic E-state index is 0.875. The van der Waals surface area contributed by atoms with Crippen molar-refractivity contribution in [3.8, 4) is 0 Å². The predicted octanol–water partition coefficient (Wildman–Crippen LogP) is 1.25. The van der Waals surface area contributed by atoms with E-state index in [1.54, 1.807) is 0 Å². The standard InChI is InChI=1S/C10H20N2/c1-3-8-12(10-5-6-10)9-4-7-11-2/h3,10-11H,1,4-9H2,2H3. The molecule has 1 rings (SSSR count). The molecule has 0 unspecified atom stereocenters. The molecule has 1 saturated carbocycles. The highest BCUT2D eigenvalue weighted by Gasteiger charge is 2.27. The molecule has 0 heterocycles. The molecule has 70 valence electrons. The first kappa shape index (κ1) is 9.75. The largest absolute Gasteiger partial charge is 0.320 e. The van der Waals surface area contributed by atoms with E-state index in [1.807, 2.05) is 13.1 Å². The molecule has 1 aliphatic carbocycles. The van der Waals surface area contributed by atoms with E-state index < -0.39 is 0 Å². The second-order valence-corrected chi connectivity index (χ2v) is 3.47. The summed E-state index contributed by atoms with van der Waals surface area (Å²) < 4.78 is 0. The van der Waals surface area contributed by atoms with Gasteiger partial charge in [0.15, 0.2) is 0 Å². The van der Waals surface area contributed by atoms with Crippen LogP contribution in [0, 0.1) is 0 Å². The van der Waals surface area contributed by atoms with Crippen LogP contribution in [0.5, 0.6) is 0 Å². The zero-order chi connectivity index (χ0) is 8.81. The molecule has 0 amide bonds. The van der Waals surface area contributed by atoms with Crippen LogP contribution >= 0.6 is 0 Å². The highest BCUT2D eigenvalue weighted by Crippen LogP contribution is 2.26. The highest BCUT2D eigenvalue weighted by molar-refractivity contribution is 4.88. The molecule has 1 fully saturated rings. The number of hydrogen-bond acceptors (Lipinski definition) is 2. The average molecular weight is 168 g/mol. The summed E-state index contributed by atoms with van der Waals surface area (Å²) in [6.45, 7) is 7.19. The highest BCUT2D eigenvalue weighted by atomic mass is 15.2. The molecule has 0 aromatic heterocycles. The van der Waals surface area contributed by atoms with E-state index in [9.17, 15) is 0 Å². The Labute approximate surface area is 75.6 Å². The molecule has 0 aliphatic heterocycles. The van der Waals surface area contributed by atoms with Crippen LogP contribution in [-0.4, -0.2) is 37.6 Å². The molecule has 2 heteroatoms. The molecule has 1 aliphatic rings. The van der Waals surface area contributed by atoms with Crippen LogP contribution in [0.3, 0.4) is 0 Å². The fourth-order valence-corrected chi connectivity index (χ4v) is 1.49. The van der Waals surface area contributed by atoms with Crippen molar-refractivity contribution in [1.29, 1.82) is 0 Å². The second-order valence-electron chi connectivity index (χ2n) is 3.47. The van der Waals surface area contributed by atoms with Crippen LogP contribution in [0.25, 0.3) is 0 Å². The van der Waals surface area contributed by atoms with Gasteiger partial charge in [-0.25, -0.2) is 0 Å².